The molecule has 0 spiro atoms. The number of nitrogens with one attached hydrogen (secondary N) is 2. The van der Waals surface area contributed by atoms with Gasteiger partial charge in [0, 0.05) is 36.4 Å². The quantitative estimate of drug-likeness (QED) is 0.813. The number of hydrogen-bond donors (Lipinski definition) is 2. The van der Waals surface area contributed by atoms with Crippen LogP contribution in [-0.2, 0) is 5.41 Å². The minimum Gasteiger partial charge on any atom is -0.314 e. The summed E-state index contributed by atoms with van der Waals surface area (Å²) in [5.41, 5.74) is 1.26. The molecule has 1 aliphatic heterocycles. The number of aromatic nitrogens is 1. The van der Waals surface area contributed by atoms with Gasteiger partial charge in [0.2, 0.25) is 0 Å². The molecule has 3 nitrogen and oxygen atoms in total. The van der Waals surface area contributed by atoms with Gasteiger partial charge >= 0.3 is 0 Å². The highest BCUT2D eigenvalue weighted by Gasteiger charge is 2.22. The van der Waals surface area contributed by atoms with Crippen LogP contribution in [0.1, 0.15) is 32.4 Å². The molecule has 1 atom stereocenters. The Balaban J connectivity index is 1.80. The first-order valence-corrected chi connectivity index (χ1v) is 6.54. The van der Waals surface area contributed by atoms with E-state index in [4.69, 9.17) is 0 Å². The van der Waals surface area contributed by atoms with E-state index in [0.717, 1.165) is 18.8 Å². The van der Waals surface area contributed by atoms with Gasteiger partial charge in [0.1, 0.15) is 0 Å². The molecule has 2 rings (SSSR count). The van der Waals surface area contributed by atoms with Crippen LogP contribution in [0.15, 0.2) is 24.4 Å². The summed E-state index contributed by atoms with van der Waals surface area (Å²) in [6.45, 7) is 7.70. The van der Waals surface area contributed by atoms with E-state index in [2.05, 4.69) is 41.6 Å². The van der Waals surface area contributed by atoms with Gasteiger partial charge in [0.25, 0.3) is 0 Å². The monoisotopic (exact) mass is 233 g/mol. The van der Waals surface area contributed by atoms with Gasteiger partial charge in [-0.15, -0.1) is 0 Å². The number of rotatable bonds is 5. The summed E-state index contributed by atoms with van der Waals surface area (Å²) in [6, 6.07) is 6.79. The van der Waals surface area contributed by atoms with Crippen LogP contribution in [0.25, 0.3) is 0 Å². The summed E-state index contributed by atoms with van der Waals surface area (Å²) in [6.07, 6.45) is 4.49. The average Bonchev–Trinajstić information content (AvgIpc) is 2.83. The highest BCUT2D eigenvalue weighted by molar-refractivity contribution is 5.14. The van der Waals surface area contributed by atoms with E-state index in [1.807, 2.05) is 12.3 Å². The fraction of sp³-hybridized carbons (Fsp3) is 0.643. The topological polar surface area (TPSA) is 37.0 Å². The summed E-state index contributed by atoms with van der Waals surface area (Å²) >= 11 is 0. The molecule has 1 aromatic rings. The molecular formula is C14H23N3. The van der Waals surface area contributed by atoms with E-state index in [-0.39, 0.29) is 5.41 Å². The number of hydrogen-bond acceptors (Lipinski definition) is 3. The minimum absolute atomic E-state index is 0.0971. The summed E-state index contributed by atoms with van der Waals surface area (Å²) in [4.78, 5) is 4.45. The largest absolute Gasteiger partial charge is 0.314 e. The fourth-order valence-electron chi connectivity index (χ4n) is 2.34. The van der Waals surface area contributed by atoms with E-state index >= 15 is 0 Å². The molecule has 0 aromatic carbocycles. The van der Waals surface area contributed by atoms with Crippen molar-refractivity contribution in [3.63, 3.8) is 0 Å². The molecule has 2 heterocycles. The van der Waals surface area contributed by atoms with Crippen LogP contribution < -0.4 is 10.6 Å². The molecule has 0 bridgehead atoms. The summed E-state index contributed by atoms with van der Waals surface area (Å²) < 4.78 is 0. The Labute approximate surface area is 104 Å². The molecule has 0 saturated carbocycles. The lowest BCUT2D eigenvalue weighted by atomic mass is 9.88. The van der Waals surface area contributed by atoms with Crippen LogP contribution in [0.3, 0.4) is 0 Å². The summed E-state index contributed by atoms with van der Waals surface area (Å²) in [7, 11) is 0. The van der Waals surface area contributed by atoms with Crippen molar-refractivity contribution in [1.29, 1.82) is 0 Å². The standard InChI is InChI=1S/C14H23N3/c1-14(2,13-7-3-4-8-17-13)11-15-10-12-6-5-9-16-12/h3-4,7-8,12,15-16H,5-6,9-11H2,1-2H3. The van der Waals surface area contributed by atoms with Crippen molar-refractivity contribution in [2.75, 3.05) is 19.6 Å². The van der Waals surface area contributed by atoms with Crippen molar-refractivity contribution in [3.8, 4) is 0 Å². The van der Waals surface area contributed by atoms with Gasteiger partial charge < -0.3 is 10.6 Å². The first-order chi connectivity index (χ1) is 8.18. The molecule has 1 aliphatic rings. The lowest BCUT2D eigenvalue weighted by Gasteiger charge is -2.25. The maximum absolute atomic E-state index is 4.45. The van der Waals surface area contributed by atoms with Gasteiger partial charge in [0.05, 0.1) is 0 Å². The van der Waals surface area contributed by atoms with Crippen LogP contribution in [0.2, 0.25) is 0 Å². The molecule has 1 fully saturated rings. The van der Waals surface area contributed by atoms with Crippen molar-refractivity contribution in [1.82, 2.24) is 15.6 Å². The lowest BCUT2D eigenvalue weighted by Crippen LogP contribution is -2.40. The Bertz CT molecular complexity index is 329. The second-order valence-corrected chi connectivity index (χ2v) is 5.52. The predicted octanol–water partition coefficient (Wildman–Crippen LogP) is 1.70. The van der Waals surface area contributed by atoms with Gasteiger partial charge in [-0.3, -0.25) is 4.98 Å². The highest BCUT2D eigenvalue weighted by atomic mass is 15.0. The van der Waals surface area contributed by atoms with Gasteiger partial charge in [-0.05, 0) is 31.5 Å². The molecule has 1 saturated heterocycles. The Hall–Kier alpha value is -0.930. The first-order valence-electron chi connectivity index (χ1n) is 6.54. The molecule has 0 amide bonds. The van der Waals surface area contributed by atoms with E-state index in [1.54, 1.807) is 0 Å². The smallest absolute Gasteiger partial charge is 0.0472 e. The second kappa shape index (κ2) is 5.61. The van der Waals surface area contributed by atoms with Crippen LogP contribution in [0.4, 0.5) is 0 Å². The Kier molecular flexibility index (Phi) is 4.13. The normalized spacial score (nSPS) is 20.7. The maximum Gasteiger partial charge on any atom is 0.0472 e. The third-order valence-electron chi connectivity index (χ3n) is 3.48. The first kappa shape index (κ1) is 12.5. The minimum atomic E-state index is 0.0971. The summed E-state index contributed by atoms with van der Waals surface area (Å²) in [5, 5.41) is 7.07. The SMILES string of the molecule is CC(C)(CNCC1CCCN1)c1ccccn1. The zero-order valence-corrected chi connectivity index (χ0v) is 10.9. The van der Waals surface area contributed by atoms with Crippen LogP contribution in [-0.4, -0.2) is 30.7 Å². The second-order valence-electron chi connectivity index (χ2n) is 5.52. The third-order valence-corrected chi connectivity index (χ3v) is 3.48. The molecule has 0 radical (unpaired) electrons. The van der Waals surface area contributed by atoms with E-state index in [1.165, 1.54) is 19.4 Å². The van der Waals surface area contributed by atoms with Crippen LogP contribution in [0.5, 0.6) is 0 Å². The molecule has 94 valence electrons. The zero-order chi connectivity index (χ0) is 12.1. The predicted molar refractivity (Wildman–Crippen MR) is 71.2 cm³/mol. The van der Waals surface area contributed by atoms with Crippen molar-refractivity contribution >= 4 is 0 Å². The summed E-state index contributed by atoms with van der Waals surface area (Å²) in [5.74, 6) is 0. The van der Waals surface area contributed by atoms with Gasteiger partial charge in [-0.25, -0.2) is 0 Å². The molecular weight excluding hydrogens is 210 g/mol. The van der Waals surface area contributed by atoms with E-state index in [9.17, 15) is 0 Å². The maximum atomic E-state index is 4.45. The van der Waals surface area contributed by atoms with Crippen molar-refractivity contribution < 1.29 is 0 Å². The Morgan fingerprint density at radius 3 is 3.00 bits per heavy atom. The number of nitrogens with zero attached hydrogens (tertiary/aromatic N) is 1. The number of pyridine rings is 1. The Morgan fingerprint density at radius 2 is 2.35 bits per heavy atom. The third kappa shape index (κ3) is 3.51. The molecule has 1 aromatic heterocycles. The van der Waals surface area contributed by atoms with Gasteiger partial charge in [-0.1, -0.05) is 19.9 Å². The van der Waals surface area contributed by atoms with Crippen molar-refractivity contribution in [3.05, 3.63) is 30.1 Å². The molecule has 2 N–H and O–H groups in total. The molecule has 17 heavy (non-hydrogen) atoms. The van der Waals surface area contributed by atoms with Gasteiger partial charge in [-0.2, -0.15) is 0 Å². The van der Waals surface area contributed by atoms with Gasteiger partial charge in [0.15, 0.2) is 0 Å². The fourth-order valence-corrected chi connectivity index (χ4v) is 2.34. The van der Waals surface area contributed by atoms with Crippen LogP contribution >= 0.6 is 0 Å². The zero-order valence-electron chi connectivity index (χ0n) is 10.9. The lowest BCUT2D eigenvalue weighted by molar-refractivity contribution is 0.434. The molecule has 0 aliphatic carbocycles. The van der Waals surface area contributed by atoms with E-state index in [0.29, 0.717) is 6.04 Å². The van der Waals surface area contributed by atoms with E-state index < -0.39 is 0 Å². The highest BCUT2D eigenvalue weighted by Crippen LogP contribution is 2.19. The Morgan fingerprint density at radius 1 is 1.47 bits per heavy atom. The van der Waals surface area contributed by atoms with Crippen molar-refractivity contribution in [2.24, 2.45) is 0 Å². The average molecular weight is 233 g/mol. The molecule has 3 heteroatoms. The van der Waals surface area contributed by atoms with Crippen molar-refractivity contribution in [2.45, 2.75) is 38.1 Å². The molecule has 1 unspecified atom stereocenters. The van der Waals surface area contributed by atoms with Crippen LogP contribution in [0, 0.1) is 0 Å².